The highest BCUT2D eigenvalue weighted by molar-refractivity contribution is 6.19. The number of carbonyl (C=O) groups is 2. The number of esters is 1. The molecule has 0 aliphatic carbocycles. The largest absolute Gasteiger partial charge is 0.504 e. The molecule has 0 atom stereocenters. The first-order chi connectivity index (χ1) is 9.02. The normalized spacial score (nSPS) is 16.7. The molecule has 0 saturated carbocycles. The monoisotopic (exact) mass is 260 g/mol. The Kier molecular flexibility index (Phi) is 3.37. The van der Waals surface area contributed by atoms with E-state index in [0.29, 0.717) is 11.3 Å². The van der Waals surface area contributed by atoms with E-state index >= 15 is 0 Å². The Hall–Kier alpha value is -2.56. The molecule has 1 aromatic rings. The van der Waals surface area contributed by atoms with E-state index in [1.165, 1.54) is 13.0 Å². The molecule has 1 aromatic carbocycles. The van der Waals surface area contributed by atoms with Crippen molar-refractivity contribution in [2.45, 2.75) is 6.92 Å². The molecule has 5 heteroatoms. The quantitative estimate of drug-likeness (QED) is 0.664. The lowest BCUT2D eigenvalue weighted by atomic mass is 10.1. The number of cyclic esters (lactones) is 1. The molecule has 1 heterocycles. The smallest absolute Gasteiger partial charge is 0.351 e. The first-order valence-corrected chi connectivity index (χ1v) is 5.55. The minimum Gasteiger partial charge on any atom is -0.504 e. The minimum absolute atomic E-state index is 0.0274. The van der Waals surface area contributed by atoms with Crippen molar-refractivity contribution in [2.24, 2.45) is 0 Å². The van der Waals surface area contributed by atoms with Crippen molar-refractivity contribution < 1.29 is 24.2 Å². The highest BCUT2D eigenvalue weighted by Crippen LogP contribution is 2.27. The summed E-state index contributed by atoms with van der Waals surface area (Å²) in [5, 5.41) is 9.77. The molecular weight excluding hydrogens is 248 g/mol. The van der Waals surface area contributed by atoms with E-state index in [2.05, 4.69) is 0 Å². The third-order valence-electron chi connectivity index (χ3n) is 2.64. The first-order valence-electron chi connectivity index (χ1n) is 5.55. The summed E-state index contributed by atoms with van der Waals surface area (Å²) in [4.78, 5) is 22.6. The van der Waals surface area contributed by atoms with Crippen molar-refractivity contribution >= 4 is 17.8 Å². The van der Waals surface area contributed by atoms with Crippen LogP contribution in [0.1, 0.15) is 12.5 Å². The summed E-state index contributed by atoms with van der Waals surface area (Å²) in [5.41, 5.74) is 0.389. The van der Waals surface area contributed by atoms with Gasteiger partial charge in [-0.1, -0.05) is 12.1 Å². The molecule has 98 valence electrons. The molecule has 0 fully saturated rings. The second-order valence-electron chi connectivity index (χ2n) is 3.95. The molecule has 0 saturated heterocycles. The van der Waals surface area contributed by atoms with E-state index in [9.17, 15) is 14.7 Å². The summed E-state index contributed by atoms with van der Waals surface area (Å²) >= 11 is 0. The van der Waals surface area contributed by atoms with Crippen LogP contribution in [0.3, 0.4) is 0 Å². The topological polar surface area (TPSA) is 72.8 Å². The van der Waals surface area contributed by atoms with E-state index in [4.69, 9.17) is 9.47 Å². The SMILES string of the molecule is COc1ccc(/C=C2/OC(=O)C(C(C)=O)=C2O)cc1. The Morgan fingerprint density at radius 1 is 1.32 bits per heavy atom. The summed E-state index contributed by atoms with van der Waals surface area (Å²) < 4.78 is 9.87. The van der Waals surface area contributed by atoms with Crippen LogP contribution >= 0.6 is 0 Å². The molecule has 2 rings (SSSR count). The highest BCUT2D eigenvalue weighted by Gasteiger charge is 2.32. The first kappa shape index (κ1) is 12.9. The summed E-state index contributed by atoms with van der Waals surface area (Å²) in [6.45, 7) is 1.20. The number of aliphatic hydroxyl groups is 1. The van der Waals surface area contributed by atoms with Gasteiger partial charge >= 0.3 is 5.97 Å². The maximum Gasteiger partial charge on any atom is 0.351 e. The number of methoxy groups -OCH3 is 1. The van der Waals surface area contributed by atoms with Crippen molar-refractivity contribution in [2.75, 3.05) is 7.11 Å². The maximum absolute atomic E-state index is 11.4. The van der Waals surface area contributed by atoms with Crippen LogP contribution in [-0.4, -0.2) is 24.0 Å². The Balaban J connectivity index is 2.34. The number of hydrogen-bond donors (Lipinski definition) is 1. The zero-order chi connectivity index (χ0) is 14.0. The van der Waals surface area contributed by atoms with Crippen LogP contribution < -0.4 is 4.74 Å². The fourth-order valence-corrected chi connectivity index (χ4v) is 1.68. The van der Waals surface area contributed by atoms with Crippen LogP contribution in [0.15, 0.2) is 41.4 Å². The maximum atomic E-state index is 11.4. The van der Waals surface area contributed by atoms with E-state index in [1.54, 1.807) is 31.4 Å². The predicted octanol–water partition coefficient (Wildman–Crippen LogP) is 1.99. The Labute approximate surface area is 109 Å². The number of rotatable bonds is 3. The van der Waals surface area contributed by atoms with E-state index in [-0.39, 0.29) is 11.3 Å². The van der Waals surface area contributed by atoms with Crippen molar-refractivity contribution in [1.29, 1.82) is 0 Å². The lowest BCUT2D eigenvalue weighted by Gasteiger charge is -2.01. The van der Waals surface area contributed by atoms with Crippen LogP contribution in [0.4, 0.5) is 0 Å². The molecule has 1 N–H and O–H groups in total. The van der Waals surface area contributed by atoms with Crippen molar-refractivity contribution in [3.63, 3.8) is 0 Å². The number of carbonyl (C=O) groups excluding carboxylic acids is 2. The van der Waals surface area contributed by atoms with Gasteiger partial charge in [0, 0.05) is 0 Å². The minimum atomic E-state index is -0.829. The molecule has 0 spiro atoms. The third kappa shape index (κ3) is 2.49. The molecule has 5 nitrogen and oxygen atoms in total. The fourth-order valence-electron chi connectivity index (χ4n) is 1.68. The zero-order valence-corrected chi connectivity index (χ0v) is 10.5. The number of Topliss-reactive ketones (excluding diaryl/α,β-unsaturated/α-hetero) is 1. The predicted molar refractivity (Wildman–Crippen MR) is 67.4 cm³/mol. The molecule has 0 radical (unpaired) electrons. The summed E-state index contributed by atoms with van der Waals surface area (Å²) in [6.07, 6.45) is 1.47. The van der Waals surface area contributed by atoms with Gasteiger partial charge in [-0.3, -0.25) is 4.79 Å². The summed E-state index contributed by atoms with van der Waals surface area (Å²) in [7, 11) is 1.56. The molecule has 1 aliphatic heterocycles. The molecule has 0 aromatic heterocycles. The lowest BCUT2D eigenvalue weighted by Crippen LogP contribution is -2.06. The van der Waals surface area contributed by atoms with Gasteiger partial charge in [-0.2, -0.15) is 0 Å². The van der Waals surface area contributed by atoms with E-state index < -0.39 is 17.5 Å². The van der Waals surface area contributed by atoms with Gasteiger partial charge in [-0.25, -0.2) is 4.79 Å². The molecule has 19 heavy (non-hydrogen) atoms. The van der Waals surface area contributed by atoms with Gasteiger partial charge in [0.1, 0.15) is 11.3 Å². The standard InChI is InChI=1S/C14H12O5/c1-8(15)12-13(16)11(19-14(12)17)7-9-3-5-10(18-2)6-4-9/h3-7,16H,1-2H3/b11-7+. The summed E-state index contributed by atoms with van der Waals surface area (Å²) in [5.74, 6) is -1.12. The zero-order valence-electron chi connectivity index (χ0n) is 10.5. The number of hydrogen-bond acceptors (Lipinski definition) is 5. The number of aliphatic hydroxyl groups excluding tert-OH is 1. The third-order valence-corrected chi connectivity index (χ3v) is 2.64. The average Bonchev–Trinajstić information content (AvgIpc) is 2.65. The molecule has 0 amide bonds. The van der Waals surface area contributed by atoms with Gasteiger partial charge in [-0.05, 0) is 30.7 Å². The van der Waals surface area contributed by atoms with Crippen molar-refractivity contribution in [3.05, 3.63) is 46.9 Å². The molecular formula is C14H12O5. The van der Waals surface area contributed by atoms with Gasteiger partial charge in [0.15, 0.2) is 17.3 Å². The second kappa shape index (κ2) is 4.97. The van der Waals surface area contributed by atoms with Gasteiger partial charge in [-0.15, -0.1) is 0 Å². The Morgan fingerprint density at radius 2 is 1.95 bits per heavy atom. The van der Waals surface area contributed by atoms with E-state index in [0.717, 1.165) is 0 Å². The van der Waals surface area contributed by atoms with Gasteiger partial charge in [0.2, 0.25) is 0 Å². The summed E-state index contributed by atoms with van der Waals surface area (Å²) in [6, 6.07) is 6.93. The lowest BCUT2D eigenvalue weighted by molar-refractivity contribution is -0.134. The van der Waals surface area contributed by atoms with Gasteiger partial charge in [0.05, 0.1) is 7.11 Å². The van der Waals surface area contributed by atoms with Crippen LogP contribution in [0.2, 0.25) is 0 Å². The number of benzene rings is 1. The Morgan fingerprint density at radius 3 is 2.42 bits per heavy atom. The second-order valence-corrected chi connectivity index (χ2v) is 3.95. The Bertz CT molecular complexity index is 593. The van der Waals surface area contributed by atoms with Crippen molar-refractivity contribution in [3.8, 4) is 5.75 Å². The van der Waals surface area contributed by atoms with Crippen LogP contribution in [0.5, 0.6) is 5.75 Å². The average molecular weight is 260 g/mol. The van der Waals surface area contributed by atoms with Gasteiger partial charge in [0.25, 0.3) is 0 Å². The molecule has 1 aliphatic rings. The van der Waals surface area contributed by atoms with Crippen LogP contribution in [-0.2, 0) is 14.3 Å². The highest BCUT2D eigenvalue weighted by atomic mass is 16.6. The van der Waals surface area contributed by atoms with Gasteiger partial charge < -0.3 is 14.6 Å². The van der Waals surface area contributed by atoms with Crippen LogP contribution in [0.25, 0.3) is 6.08 Å². The van der Waals surface area contributed by atoms with E-state index in [1.807, 2.05) is 0 Å². The number of ketones is 1. The van der Waals surface area contributed by atoms with Crippen molar-refractivity contribution in [1.82, 2.24) is 0 Å². The van der Waals surface area contributed by atoms with Crippen LogP contribution in [0, 0.1) is 0 Å². The fraction of sp³-hybridized carbons (Fsp3) is 0.143. The molecule has 0 bridgehead atoms. The number of ether oxygens (including phenoxy) is 2. The molecule has 0 unspecified atom stereocenters.